The van der Waals surface area contributed by atoms with Crippen LogP contribution in [0.25, 0.3) is 0 Å². The Kier molecular flexibility index (Phi) is 6.35. The molecule has 4 atom stereocenters. The summed E-state index contributed by atoms with van der Waals surface area (Å²) in [6, 6.07) is 19.6. The lowest BCUT2D eigenvalue weighted by Crippen LogP contribution is -2.58. The fourth-order valence-corrected chi connectivity index (χ4v) is 6.01. The lowest BCUT2D eigenvalue weighted by molar-refractivity contribution is -0.00822. The summed E-state index contributed by atoms with van der Waals surface area (Å²) < 4.78 is 27.9. The fraction of sp³-hybridized carbons (Fsp3) is 0.478. The van der Waals surface area contributed by atoms with Gasteiger partial charge in [-0.2, -0.15) is 0 Å². The maximum Gasteiger partial charge on any atom is 0.240 e. The van der Waals surface area contributed by atoms with Crippen LogP contribution >= 0.6 is 0 Å². The zero-order chi connectivity index (χ0) is 20.3. The zero-order valence-electron chi connectivity index (χ0n) is 17.1. The van der Waals surface area contributed by atoms with Crippen LogP contribution in [0, 0.1) is 11.8 Å². The molecular formula is C23H31N3O2S. The number of hydrogen-bond donors (Lipinski definition) is 1. The van der Waals surface area contributed by atoms with Crippen molar-refractivity contribution in [2.75, 3.05) is 33.2 Å². The lowest BCUT2D eigenvalue weighted by atomic mass is 9.75. The van der Waals surface area contributed by atoms with Gasteiger partial charge in [-0.25, -0.2) is 13.1 Å². The van der Waals surface area contributed by atoms with E-state index in [1.165, 1.54) is 12.0 Å². The van der Waals surface area contributed by atoms with Gasteiger partial charge >= 0.3 is 0 Å². The van der Waals surface area contributed by atoms with Gasteiger partial charge < -0.3 is 4.90 Å². The summed E-state index contributed by atoms with van der Waals surface area (Å²) in [7, 11) is -1.22. The highest BCUT2D eigenvalue weighted by atomic mass is 32.2. The molecule has 1 N–H and O–H groups in total. The highest BCUT2D eigenvalue weighted by Gasteiger charge is 2.40. The number of fused-ring (bicyclic) bond motifs is 3. The average Bonchev–Trinajstić information content (AvgIpc) is 2.74. The Balaban J connectivity index is 1.30. The second-order valence-electron chi connectivity index (χ2n) is 8.54. The molecule has 6 heteroatoms. The predicted octanol–water partition coefficient (Wildman–Crippen LogP) is 2.81. The number of sulfonamides is 1. The van der Waals surface area contributed by atoms with E-state index in [1.54, 1.807) is 24.3 Å². The van der Waals surface area contributed by atoms with Gasteiger partial charge in [0.2, 0.25) is 10.0 Å². The molecule has 0 spiro atoms. The highest BCUT2D eigenvalue weighted by molar-refractivity contribution is 7.89. The number of nitrogens with one attached hydrogen (secondary N) is 1. The highest BCUT2D eigenvalue weighted by Crippen LogP contribution is 2.36. The molecule has 3 fully saturated rings. The van der Waals surface area contributed by atoms with Crippen molar-refractivity contribution in [3.63, 3.8) is 0 Å². The van der Waals surface area contributed by atoms with Crippen molar-refractivity contribution in [3.05, 3.63) is 66.2 Å². The Labute approximate surface area is 174 Å². The van der Waals surface area contributed by atoms with E-state index in [9.17, 15) is 8.42 Å². The molecule has 3 aliphatic rings. The van der Waals surface area contributed by atoms with E-state index in [2.05, 4.69) is 51.9 Å². The first-order chi connectivity index (χ1) is 14.0. The van der Waals surface area contributed by atoms with Crippen LogP contribution in [0.15, 0.2) is 65.6 Å². The number of nitrogens with zero attached hydrogens (tertiary/aromatic N) is 2. The molecule has 0 saturated carbocycles. The number of benzene rings is 2. The van der Waals surface area contributed by atoms with Crippen molar-refractivity contribution in [2.24, 2.45) is 11.8 Å². The van der Waals surface area contributed by atoms with Gasteiger partial charge in [0.15, 0.2) is 0 Å². The molecule has 2 aromatic rings. The lowest BCUT2D eigenvalue weighted by Gasteiger charge is -2.50. The number of hydrogen-bond acceptors (Lipinski definition) is 4. The van der Waals surface area contributed by atoms with E-state index in [-0.39, 0.29) is 0 Å². The monoisotopic (exact) mass is 413 g/mol. The zero-order valence-corrected chi connectivity index (χ0v) is 17.9. The molecule has 29 heavy (non-hydrogen) atoms. The molecular weight excluding hydrogens is 382 g/mol. The molecule has 0 radical (unpaired) electrons. The Morgan fingerprint density at radius 3 is 2.41 bits per heavy atom. The van der Waals surface area contributed by atoms with Crippen LogP contribution in [-0.4, -0.2) is 57.5 Å². The third-order valence-electron chi connectivity index (χ3n) is 6.42. The van der Waals surface area contributed by atoms with Crippen molar-refractivity contribution in [2.45, 2.75) is 30.3 Å². The molecule has 156 valence electrons. The first-order valence-corrected chi connectivity index (χ1v) is 12.0. The van der Waals surface area contributed by atoms with Crippen LogP contribution < -0.4 is 4.72 Å². The minimum Gasteiger partial charge on any atom is -0.302 e. The largest absolute Gasteiger partial charge is 0.302 e. The summed E-state index contributed by atoms with van der Waals surface area (Å²) in [5, 5.41) is 0. The fourth-order valence-electron chi connectivity index (χ4n) is 4.92. The summed E-state index contributed by atoms with van der Waals surface area (Å²) in [4.78, 5) is 5.26. The van der Waals surface area contributed by atoms with Crippen LogP contribution in [-0.2, 0) is 16.6 Å². The summed E-state index contributed by atoms with van der Waals surface area (Å²) >= 11 is 0. The molecule has 0 amide bonds. The molecule has 5 rings (SSSR count). The van der Waals surface area contributed by atoms with Gasteiger partial charge in [0.05, 0.1) is 4.90 Å². The molecule has 3 heterocycles. The van der Waals surface area contributed by atoms with E-state index in [4.69, 9.17) is 0 Å². The molecule has 3 saturated heterocycles. The Bertz CT molecular complexity index is 889. The van der Waals surface area contributed by atoms with Gasteiger partial charge in [-0.05, 0) is 56.0 Å². The average molecular weight is 414 g/mol. The molecule has 0 aromatic heterocycles. The smallest absolute Gasteiger partial charge is 0.240 e. The van der Waals surface area contributed by atoms with Gasteiger partial charge in [-0.15, -0.1) is 0 Å². The van der Waals surface area contributed by atoms with E-state index >= 15 is 0 Å². The summed E-state index contributed by atoms with van der Waals surface area (Å²) in [6.45, 7) is 4.73. The van der Waals surface area contributed by atoms with E-state index < -0.39 is 10.0 Å². The van der Waals surface area contributed by atoms with E-state index in [0.717, 1.165) is 32.6 Å². The normalized spacial score (nSPS) is 26.7. The maximum absolute atomic E-state index is 12.5. The third-order valence-corrected chi connectivity index (χ3v) is 7.86. The second-order valence-corrected chi connectivity index (χ2v) is 10.3. The standard InChI is InChI=1S/C23H31N3O2S/c1-25(16-19-8-4-2-5-9-19)17-21-18-26-13-12-20(21)14-22(26)15-24-29(27,28)23-10-6-3-7-11-23/h2-11,20-22,24H,12-18H2,1H3. The van der Waals surface area contributed by atoms with Gasteiger partial charge in [0.1, 0.15) is 0 Å². The maximum atomic E-state index is 12.5. The van der Waals surface area contributed by atoms with Crippen molar-refractivity contribution >= 4 is 10.0 Å². The number of rotatable bonds is 8. The van der Waals surface area contributed by atoms with Crippen LogP contribution in [0.5, 0.6) is 0 Å². The Morgan fingerprint density at radius 2 is 1.76 bits per heavy atom. The Hall–Kier alpha value is -1.73. The second kappa shape index (κ2) is 8.96. The summed E-state index contributed by atoms with van der Waals surface area (Å²) in [5.41, 5.74) is 1.35. The quantitative estimate of drug-likeness (QED) is 0.723. The van der Waals surface area contributed by atoms with E-state index in [1.807, 2.05) is 6.07 Å². The SMILES string of the molecule is CN(Cc1ccccc1)CC1CN2CCC1CC2CNS(=O)(=O)c1ccccc1. The summed E-state index contributed by atoms with van der Waals surface area (Å²) in [5.74, 6) is 1.35. The molecule has 5 nitrogen and oxygen atoms in total. The number of piperidine rings is 3. The topological polar surface area (TPSA) is 52.6 Å². The van der Waals surface area contributed by atoms with Crippen LogP contribution in [0.3, 0.4) is 0 Å². The van der Waals surface area contributed by atoms with Crippen molar-refractivity contribution in [3.8, 4) is 0 Å². The van der Waals surface area contributed by atoms with Crippen LogP contribution in [0.2, 0.25) is 0 Å². The van der Waals surface area contributed by atoms with Crippen molar-refractivity contribution in [1.82, 2.24) is 14.5 Å². The molecule has 3 aliphatic heterocycles. The first kappa shape index (κ1) is 20.5. The van der Waals surface area contributed by atoms with Crippen LogP contribution in [0.1, 0.15) is 18.4 Å². The Morgan fingerprint density at radius 1 is 1.07 bits per heavy atom. The van der Waals surface area contributed by atoms with Crippen molar-refractivity contribution in [1.29, 1.82) is 0 Å². The van der Waals surface area contributed by atoms with Crippen molar-refractivity contribution < 1.29 is 8.42 Å². The van der Waals surface area contributed by atoms with Gasteiger partial charge in [-0.3, -0.25) is 4.90 Å². The van der Waals surface area contributed by atoms with Gasteiger partial charge in [-0.1, -0.05) is 48.5 Å². The molecule has 2 aromatic carbocycles. The molecule has 4 unspecified atom stereocenters. The molecule has 2 bridgehead atoms. The minimum absolute atomic E-state index is 0.308. The summed E-state index contributed by atoms with van der Waals surface area (Å²) in [6.07, 6.45) is 2.31. The van der Waals surface area contributed by atoms with E-state index in [0.29, 0.717) is 29.3 Å². The van der Waals surface area contributed by atoms with Gasteiger partial charge in [0, 0.05) is 32.2 Å². The first-order valence-electron chi connectivity index (χ1n) is 10.5. The van der Waals surface area contributed by atoms with Crippen LogP contribution in [0.4, 0.5) is 0 Å². The minimum atomic E-state index is -3.43. The van der Waals surface area contributed by atoms with Gasteiger partial charge in [0.25, 0.3) is 0 Å². The third kappa shape index (κ3) is 5.07. The predicted molar refractivity (Wildman–Crippen MR) is 116 cm³/mol. The molecule has 0 aliphatic carbocycles.